The lowest BCUT2D eigenvalue weighted by molar-refractivity contribution is -0.138. The highest BCUT2D eigenvalue weighted by molar-refractivity contribution is 5.80. The Labute approximate surface area is 110 Å². The van der Waals surface area contributed by atoms with Crippen LogP contribution in [0.2, 0.25) is 0 Å². The molecule has 2 aliphatic rings. The minimum Gasteiger partial charge on any atom is -0.336 e. The van der Waals surface area contributed by atoms with E-state index in [0.29, 0.717) is 31.0 Å². The Hall–Kier alpha value is -0.830. The molecule has 2 N–H and O–H groups in total. The Morgan fingerprint density at radius 1 is 1.22 bits per heavy atom. The molecule has 0 aromatic carbocycles. The van der Waals surface area contributed by atoms with Crippen molar-refractivity contribution in [1.29, 1.82) is 0 Å². The van der Waals surface area contributed by atoms with Crippen LogP contribution in [0.25, 0.3) is 0 Å². The number of carbonyl (C=O) groups excluding carboxylic acids is 1. The predicted octanol–water partition coefficient (Wildman–Crippen LogP) is 2.32. The number of rotatable bonds is 5. The zero-order valence-corrected chi connectivity index (χ0v) is 11.3. The van der Waals surface area contributed by atoms with Crippen LogP contribution in [0.5, 0.6) is 0 Å². The number of hydrogen-bond donors (Lipinski definition) is 1. The van der Waals surface area contributed by atoms with Crippen molar-refractivity contribution < 1.29 is 4.79 Å². The lowest BCUT2D eigenvalue weighted by Crippen LogP contribution is -2.44. The maximum atomic E-state index is 12.7. The van der Waals surface area contributed by atoms with Gasteiger partial charge in [0.05, 0.1) is 0 Å². The number of nitrogens with two attached hydrogens (primary N) is 1. The highest BCUT2D eigenvalue weighted by Gasteiger charge is 2.37. The van der Waals surface area contributed by atoms with Crippen molar-refractivity contribution >= 4 is 5.91 Å². The molecule has 0 aliphatic heterocycles. The standard InChI is InChI=1S/C15H26N2O/c1-2-10-17(13-7-3-4-8-13)15(18)14-9-5-6-12(14)11-16/h2,12-14H,1,3-11,16H2. The second-order valence-corrected chi connectivity index (χ2v) is 5.75. The first-order valence-corrected chi connectivity index (χ1v) is 7.39. The highest BCUT2D eigenvalue weighted by Crippen LogP contribution is 2.34. The van der Waals surface area contributed by atoms with Crippen LogP contribution in [0.4, 0.5) is 0 Å². The van der Waals surface area contributed by atoms with Gasteiger partial charge in [-0.2, -0.15) is 0 Å². The molecule has 2 rings (SSSR count). The average Bonchev–Trinajstić information content (AvgIpc) is 3.05. The molecule has 0 saturated heterocycles. The predicted molar refractivity (Wildman–Crippen MR) is 74.1 cm³/mol. The summed E-state index contributed by atoms with van der Waals surface area (Å²) >= 11 is 0. The summed E-state index contributed by atoms with van der Waals surface area (Å²) in [6.45, 7) is 5.16. The third-order valence-corrected chi connectivity index (χ3v) is 4.65. The number of amides is 1. The maximum Gasteiger partial charge on any atom is 0.226 e. The van der Waals surface area contributed by atoms with Gasteiger partial charge in [0.25, 0.3) is 0 Å². The smallest absolute Gasteiger partial charge is 0.226 e. The molecule has 3 heteroatoms. The third-order valence-electron chi connectivity index (χ3n) is 4.65. The molecule has 0 spiro atoms. The molecule has 1 amide bonds. The quantitative estimate of drug-likeness (QED) is 0.761. The van der Waals surface area contributed by atoms with Gasteiger partial charge in [0.15, 0.2) is 0 Å². The molecule has 102 valence electrons. The van der Waals surface area contributed by atoms with Crippen LogP contribution in [0, 0.1) is 11.8 Å². The first kappa shape index (κ1) is 13.6. The van der Waals surface area contributed by atoms with E-state index < -0.39 is 0 Å². The van der Waals surface area contributed by atoms with Crippen molar-refractivity contribution in [3.05, 3.63) is 12.7 Å². The van der Waals surface area contributed by atoms with E-state index in [0.717, 1.165) is 19.3 Å². The van der Waals surface area contributed by atoms with Gasteiger partial charge < -0.3 is 10.6 Å². The lowest BCUT2D eigenvalue weighted by Gasteiger charge is -2.32. The molecule has 0 heterocycles. The van der Waals surface area contributed by atoms with Crippen LogP contribution >= 0.6 is 0 Å². The SMILES string of the molecule is C=CCN(C(=O)C1CCCC1CN)C1CCCC1. The second kappa shape index (κ2) is 6.37. The fraction of sp³-hybridized carbons (Fsp3) is 0.800. The normalized spacial score (nSPS) is 28.5. The number of hydrogen-bond acceptors (Lipinski definition) is 2. The Morgan fingerprint density at radius 3 is 2.56 bits per heavy atom. The fourth-order valence-electron chi connectivity index (χ4n) is 3.63. The van der Waals surface area contributed by atoms with Crippen LogP contribution < -0.4 is 5.73 Å². The minimum atomic E-state index is 0.176. The van der Waals surface area contributed by atoms with Crippen molar-refractivity contribution in [1.82, 2.24) is 4.90 Å². The first-order chi connectivity index (χ1) is 8.77. The summed E-state index contributed by atoms with van der Waals surface area (Å²) in [5, 5.41) is 0. The zero-order chi connectivity index (χ0) is 13.0. The highest BCUT2D eigenvalue weighted by atomic mass is 16.2. The monoisotopic (exact) mass is 250 g/mol. The van der Waals surface area contributed by atoms with Crippen LogP contribution in [0.3, 0.4) is 0 Å². The van der Waals surface area contributed by atoms with Gasteiger partial charge in [0, 0.05) is 18.5 Å². The summed E-state index contributed by atoms with van der Waals surface area (Å²) in [7, 11) is 0. The lowest BCUT2D eigenvalue weighted by atomic mass is 9.94. The van der Waals surface area contributed by atoms with E-state index in [1.54, 1.807) is 0 Å². The molecule has 2 aliphatic carbocycles. The van der Waals surface area contributed by atoms with Gasteiger partial charge in [-0.1, -0.05) is 25.3 Å². The Bertz CT molecular complexity index is 297. The van der Waals surface area contributed by atoms with Gasteiger partial charge in [-0.25, -0.2) is 0 Å². The summed E-state index contributed by atoms with van der Waals surface area (Å²) in [6, 6.07) is 0.453. The summed E-state index contributed by atoms with van der Waals surface area (Å²) in [5.41, 5.74) is 5.80. The van der Waals surface area contributed by atoms with Crippen molar-refractivity contribution in [3.63, 3.8) is 0 Å². The summed E-state index contributed by atoms with van der Waals surface area (Å²) < 4.78 is 0. The largest absolute Gasteiger partial charge is 0.336 e. The van der Waals surface area contributed by atoms with E-state index in [4.69, 9.17) is 5.73 Å². The van der Waals surface area contributed by atoms with Crippen molar-refractivity contribution in [3.8, 4) is 0 Å². The molecule has 0 aromatic heterocycles. The third kappa shape index (κ3) is 2.77. The summed E-state index contributed by atoms with van der Waals surface area (Å²) in [4.78, 5) is 14.8. The molecule has 2 fully saturated rings. The molecular formula is C15H26N2O. The molecule has 2 saturated carbocycles. The molecule has 3 nitrogen and oxygen atoms in total. The minimum absolute atomic E-state index is 0.176. The molecule has 18 heavy (non-hydrogen) atoms. The first-order valence-electron chi connectivity index (χ1n) is 7.39. The summed E-state index contributed by atoms with van der Waals surface area (Å²) in [6.07, 6.45) is 10.0. The molecule has 0 aromatic rings. The van der Waals surface area contributed by atoms with Crippen molar-refractivity contribution in [2.75, 3.05) is 13.1 Å². The van der Waals surface area contributed by atoms with Crippen LogP contribution in [0.1, 0.15) is 44.9 Å². The van der Waals surface area contributed by atoms with Gasteiger partial charge in [0.1, 0.15) is 0 Å². The van der Waals surface area contributed by atoms with E-state index in [1.165, 1.54) is 25.7 Å². The second-order valence-electron chi connectivity index (χ2n) is 5.75. The number of nitrogens with zero attached hydrogens (tertiary/aromatic N) is 1. The van der Waals surface area contributed by atoms with E-state index in [1.807, 2.05) is 6.08 Å². The molecule has 2 unspecified atom stereocenters. The van der Waals surface area contributed by atoms with E-state index in [2.05, 4.69) is 11.5 Å². The fourth-order valence-corrected chi connectivity index (χ4v) is 3.63. The molecule has 0 bridgehead atoms. The van der Waals surface area contributed by atoms with Crippen LogP contribution in [0.15, 0.2) is 12.7 Å². The van der Waals surface area contributed by atoms with Gasteiger partial charge in [-0.3, -0.25) is 4.79 Å². The van der Waals surface area contributed by atoms with Gasteiger partial charge in [-0.15, -0.1) is 6.58 Å². The Kier molecular flexibility index (Phi) is 4.81. The average molecular weight is 250 g/mol. The van der Waals surface area contributed by atoms with Crippen LogP contribution in [-0.4, -0.2) is 29.9 Å². The maximum absolute atomic E-state index is 12.7. The Morgan fingerprint density at radius 2 is 1.94 bits per heavy atom. The van der Waals surface area contributed by atoms with Crippen molar-refractivity contribution in [2.24, 2.45) is 17.6 Å². The van der Waals surface area contributed by atoms with E-state index in [9.17, 15) is 4.79 Å². The number of carbonyl (C=O) groups is 1. The van der Waals surface area contributed by atoms with Gasteiger partial charge in [-0.05, 0) is 38.1 Å². The van der Waals surface area contributed by atoms with Gasteiger partial charge >= 0.3 is 0 Å². The van der Waals surface area contributed by atoms with E-state index >= 15 is 0 Å². The topological polar surface area (TPSA) is 46.3 Å². The van der Waals surface area contributed by atoms with Crippen molar-refractivity contribution in [2.45, 2.75) is 51.0 Å². The molecule has 0 radical (unpaired) electrons. The molecular weight excluding hydrogens is 224 g/mol. The van der Waals surface area contributed by atoms with E-state index in [-0.39, 0.29) is 5.92 Å². The zero-order valence-electron chi connectivity index (χ0n) is 11.3. The van der Waals surface area contributed by atoms with Gasteiger partial charge in [0.2, 0.25) is 5.91 Å². The van der Waals surface area contributed by atoms with Crippen LogP contribution in [-0.2, 0) is 4.79 Å². The molecule has 2 atom stereocenters. The summed E-state index contributed by atoms with van der Waals surface area (Å²) in [5.74, 6) is 0.927. The Balaban J connectivity index is 2.04.